The number of aryl methyl sites for hydroxylation is 3. The van der Waals surface area contributed by atoms with Crippen molar-refractivity contribution in [2.45, 2.75) is 79.1 Å². The first-order chi connectivity index (χ1) is 19.8. The molecule has 0 amide bonds. The van der Waals surface area contributed by atoms with Gasteiger partial charge < -0.3 is 19.8 Å². The minimum atomic E-state index is 0.168. The molecule has 2 aliphatic heterocycles. The van der Waals surface area contributed by atoms with Gasteiger partial charge in [-0.15, -0.1) is 0 Å². The van der Waals surface area contributed by atoms with Crippen LogP contribution in [0.3, 0.4) is 0 Å². The minimum absolute atomic E-state index is 0.168. The number of nitrogens with one attached hydrogen (secondary N) is 2. The molecule has 6 nitrogen and oxygen atoms in total. The molecule has 2 atom stereocenters. The highest BCUT2D eigenvalue weighted by Crippen LogP contribution is 2.42. The molecule has 0 fully saturated rings. The Morgan fingerprint density at radius 1 is 0.902 bits per heavy atom. The van der Waals surface area contributed by atoms with Crippen molar-refractivity contribution in [3.05, 3.63) is 75.9 Å². The van der Waals surface area contributed by atoms with Gasteiger partial charge in [-0.2, -0.15) is 0 Å². The van der Waals surface area contributed by atoms with E-state index in [0.717, 1.165) is 69.7 Å². The second kappa shape index (κ2) is 12.2. The minimum Gasteiger partial charge on any atom is -0.396 e. The number of fused-ring (bicyclic) bond motifs is 8. The molecule has 8 bridgehead atoms. The first kappa shape index (κ1) is 29.0. The van der Waals surface area contributed by atoms with Crippen molar-refractivity contribution >= 4 is 39.3 Å². The van der Waals surface area contributed by atoms with Crippen molar-refractivity contribution < 1.29 is 9.84 Å². The number of hydrogen-bond acceptors (Lipinski definition) is 4. The summed E-state index contributed by atoms with van der Waals surface area (Å²) in [6.45, 7) is 18.8. The van der Waals surface area contributed by atoms with Crippen molar-refractivity contribution in [3.8, 4) is 0 Å². The van der Waals surface area contributed by atoms with Crippen molar-refractivity contribution in [2.75, 3.05) is 19.8 Å². The molecule has 0 radical (unpaired) electrons. The lowest BCUT2D eigenvalue weighted by molar-refractivity contribution is 0.111. The van der Waals surface area contributed by atoms with Crippen LogP contribution >= 0.6 is 0 Å². The van der Waals surface area contributed by atoms with Gasteiger partial charge in [-0.1, -0.05) is 26.5 Å². The van der Waals surface area contributed by atoms with E-state index >= 15 is 0 Å². The highest BCUT2D eigenvalue weighted by molar-refractivity contribution is 5.93. The fraction of sp³-hybridized carbons (Fsp3) is 0.429. The Morgan fingerprint density at radius 3 is 2.34 bits per heavy atom. The summed E-state index contributed by atoms with van der Waals surface area (Å²) < 4.78 is 5.76. The molecule has 5 heterocycles. The predicted octanol–water partition coefficient (Wildman–Crippen LogP) is 8.29. The van der Waals surface area contributed by atoms with Crippen LogP contribution in [0, 0.1) is 20.8 Å². The molecular formula is C35H44N4O2. The summed E-state index contributed by atoms with van der Waals surface area (Å²) >= 11 is 0. The van der Waals surface area contributed by atoms with E-state index in [9.17, 15) is 0 Å². The zero-order chi connectivity index (χ0) is 29.3. The predicted molar refractivity (Wildman–Crippen MR) is 171 cm³/mol. The number of nitrogens with zero attached hydrogens (tertiary/aromatic N) is 2. The Bertz CT molecular complexity index is 1660. The van der Waals surface area contributed by atoms with Crippen molar-refractivity contribution in [1.82, 2.24) is 19.9 Å². The van der Waals surface area contributed by atoms with E-state index in [1.165, 1.54) is 27.8 Å². The quantitative estimate of drug-likeness (QED) is 0.233. The maximum atomic E-state index is 9.05. The Kier molecular flexibility index (Phi) is 8.62. The number of aromatic amines is 2. The number of aliphatic hydroxyl groups excluding tert-OH is 1. The second-order valence-electron chi connectivity index (χ2n) is 11.5. The molecule has 2 aliphatic rings. The van der Waals surface area contributed by atoms with Crippen molar-refractivity contribution in [2.24, 2.45) is 0 Å². The van der Waals surface area contributed by atoms with Crippen LogP contribution < -0.4 is 0 Å². The SMILES string of the molecule is C=Cc1c(C)c2cc3nc(c(C)c4cc(C)c(cc5nc(cc1[nH]2)C(C)=C5CC)[nH]4)[C@@H](CCCOCCCO)[C@@H]3C. The lowest BCUT2D eigenvalue weighted by Crippen LogP contribution is -2.06. The van der Waals surface area contributed by atoms with Crippen LogP contribution in [0.5, 0.6) is 0 Å². The maximum Gasteiger partial charge on any atom is 0.0693 e. The van der Waals surface area contributed by atoms with Crippen LogP contribution in [0.2, 0.25) is 0 Å². The Labute approximate surface area is 243 Å². The molecule has 0 unspecified atom stereocenters. The summed E-state index contributed by atoms with van der Waals surface area (Å²) in [4.78, 5) is 17.8. The van der Waals surface area contributed by atoms with E-state index in [1.807, 2.05) is 6.08 Å². The summed E-state index contributed by atoms with van der Waals surface area (Å²) in [5.74, 6) is 0.563. The number of aromatic nitrogens is 4. The monoisotopic (exact) mass is 552 g/mol. The fourth-order valence-corrected chi connectivity index (χ4v) is 6.35. The zero-order valence-electron chi connectivity index (χ0n) is 25.4. The van der Waals surface area contributed by atoms with E-state index in [2.05, 4.69) is 82.4 Å². The average Bonchev–Trinajstić information content (AvgIpc) is 3.65. The van der Waals surface area contributed by atoms with Gasteiger partial charge in [0.05, 0.1) is 11.4 Å². The van der Waals surface area contributed by atoms with Crippen molar-refractivity contribution in [3.63, 3.8) is 0 Å². The lowest BCUT2D eigenvalue weighted by Gasteiger charge is -2.17. The van der Waals surface area contributed by atoms with Gasteiger partial charge in [0.1, 0.15) is 0 Å². The molecule has 0 spiro atoms. The zero-order valence-corrected chi connectivity index (χ0v) is 25.4. The number of aliphatic hydroxyl groups is 1. The molecule has 5 rings (SSSR count). The van der Waals surface area contributed by atoms with E-state index < -0.39 is 0 Å². The molecule has 3 aromatic rings. The normalized spacial score (nSPS) is 17.0. The van der Waals surface area contributed by atoms with E-state index in [-0.39, 0.29) is 12.5 Å². The molecule has 41 heavy (non-hydrogen) atoms. The number of ether oxygens (including phenoxy) is 1. The van der Waals surface area contributed by atoms with Gasteiger partial charge in [0, 0.05) is 70.7 Å². The second-order valence-corrected chi connectivity index (χ2v) is 11.5. The van der Waals surface area contributed by atoms with Gasteiger partial charge >= 0.3 is 0 Å². The van der Waals surface area contributed by atoms with Crippen LogP contribution in [0.4, 0.5) is 0 Å². The average molecular weight is 553 g/mol. The molecule has 216 valence electrons. The molecule has 0 saturated carbocycles. The third-order valence-electron chi connectivity index (χ3n) is 8.93. The summed E-state index contributed by atoms with van der Waals surface area (Å²) in [6.07, 6.45) is 5.49. The van der Waals surface area contributed by atoms with Crippen LogP contribution in [-0.2, 0) is 4.74 Å². The number of rotatable bonds is 9. The first-order valence-electron chi connectivity index (χ1n) is 15.0. The molecule has 6 heteroatoms. The summed E-state index contributed by atoms with van der Waals surface area (Å²) in [6, 6.07) is 8.84. The maximum absolute atomic E-state index is 9.05. The molecule has 3 N–H and O–H groups in total. The van der Waals surface area contributed by atoms with Crippen LogP contribution in [0.1, 0.15) is 103 Å². The van der Waals surface area contributed by atoms with Crippen molar-refractivity contribution in [1.29, 1.82) is 0 Å². The summed E-state index contributed by atoms with van der Waals surface area (Å²) in [5, 5.41) is 9.05. The van der Waals surface area contributed by atoms with E-state index in [0.29, 0.717) is 25.6 Å². The summed E-state index contributed by atoms with van der Waals surface area (Å²) in [7, 11) is 0. The van der Waals surface area contributed by atoms with Gasteiger partial charge in [-0.25, -0.2) is 4.98 Å². The molecular weight excluding hydrogens is 508 g/mol. The Hall–Kier alpha value is -3.48. The highest BCUT2D eigenvalue weighted by atomic mass is 16.5. The topological polar surface area (TPSA) is 86.8 Å². The number of H-pyrrole nitrogens is 2. The summed E-state index contributed by atoms with van der Waals surface area (Å²) in [5.41, 5.74) is 15.7. The first-order valence-corrected chi connectivity index (χ1v) is 15.0. The highest BCUT2D eigenvalue weighted by Gasteiger charge is 2.30. The third-order valence-corrected chi connectivity index (χ3v) is 8.93. The fourth-order valence-electron chi connectivity index (χ4n) is 6.35. The van der Waals surface area contributed by atoms with Gasteiger partial charge in [0.15, 0.2) is 0 Å². The third kappa shape index (κ3) is 5.55. The lowest BCUT2D eigenvalue weighted by atomic mass is 9.86. The number of allylic oxidation sites excluding steroid dienone is 2. The molecule has 0 aliphatic carbocycles. The molecule has 0 saturated heterocycles. The van der Waals surface area contributed by atoms with Gasteiger partial charge in [-0.05, 0) is 105 Å². The molecule has 3 aromatic heterocycles. The Morgan fingerprint density at radius 2 is 1.61 bits per heavy atom. The van der Waals surface area contributed by atoms with E-state index in [1.54, 1.807) is 0 Å². The Balaban J connectivity index is 1.75. The van der Waals surface area contributed by atoms with Crippen LogP contribution in [-0.4, -0.2) is 44.9 Å². The van der Waals surface area contributed by atoms with Gasteiger partial charge in [-0.3, -0.25) is 4.98 Å². The van der Waals surface area contributed by atoms with Gasteiger partial charge in [0.25, 0.3) is 0 Å². The molecule has 0 aromatic carbocycles. The largest absolute Gasteiger partial charge is 0.396 e. The van der Waals surface area contributed by atoms with E-state index in [4.69, 9.17) is 19.8 Å². The smallest absolute Gasteiger partial charge is 0.0693 e. The standard InChI is InChI=1S/C35H44N4O2/c1-8-25-22(5)31-19-34-26(9-2)21(4)30(37-34)18-32-23(6)27(12-10-14-41-15-11-13-40)35(39-32)24(7)29-16-20(3)28(36-29)17-33(25)38-31/h9,16-19,23,27,36-37,40H,2,8,10-15H2,1,3-7H3/t23-,27-/m0/s1. The van der Waals surface area contributed by atoms with Crippen LogP contribution in [0.25, 0.3) is 39.3 Å². The van der Waals surface area contributed by atoms with Crippen LogP contribution in [0.15, 0.2) is 30.8 Å². The van der Waals surface area contributed by atoms with Gasteiger partial charge in [0.2, 0.25) is 0 Å². The number of hydrogen-bond donors (Lipinski definition) is 3.